The molecule has 21 heavy (non-hydrogen) atoms. The number of pyridine rings is 1. The Morgan fingerprint density at radius 1 is 1.29 bits per heavy atom. The van der Waals surface area contributed by atoms with Gasteiger partial charge in [-0.2, -0.15) is 0 Å². The molecule has 1 heterocycles. The quantitative estimate of drug-likeness (QED) is 0.839. The van der Waals surface area contributed by atoms with Gasteiger partial charge in [0.15, 0.2) is 6.73 Å². The lowest BCUT2D eigenvalue weighted by Crippen LogP contribution is -2.32. The summed E-state index contributed by atoms with van der Waals surface area (Å²) >= 11 is 11.7. The van der Waals surface area contributed by atoms with Crippen molar-refractivity contribution in [2.24, 2.45) is 0 Å². The van der Waals surface area contributed by atoms with E-state index in [1.54, 1.807) is 30.5 Å². The van der Waals surface area contributed by atoms with Gasteiger partial charge in [-0.05, 0) is 36.8 Å². The average molecular weight is 326 g/mol. The van der Waals surface area contributed by atoms with Crippen LogP contribution in [0.15, 0.2) is 36.5 Å². The van der Waals surface area contributed by atoms with E-state index in [1.165, 1.54) is 0 Å². The number of carbonyl (C=O) groups is 1. The smallest absolute Gasteiger partial charge is 0.323 e. The molecule has 0 atom stereocenters. The largest absolute Gasteiger partial charge is 0.472 e. The molecule has 0 unspecified atom stereocenters. The van der Waals surface area contributed by atoms with Gasteiger partial charge >= 0.3 is 6.03 Å². The fourth-order valence-electron chi connectivity index (χ4n) is 1.47. The first kappa shape index (κ1) is 15.4. The third-order valence-electron chi connectivity index (χ3n) is 2.51. The number of benzene rings is 1. The lowest BCUT2D eigenvalue weighted by molar-refractivity contribution is 0.234. The van der Waals surface area contributed by atoms with Crippen molar-refractivity contribution >= 4 is 35.1 Å². The highest BCUT2D eigenvalue weighted by Crippen LogP contribution is 2.27. The highest BCUT2D eigenvalue weighted by molar-refractivity contribution is 6.35. The summed E-state index contributed by atoms with van der Waals surface area (Å²) < 4.78 is 5.34. The van der Waals surface area contributed by atoms with Crippen molar-refractivity contribution in [1.82, 2.24) is 10.3 Å². The van der Waals surface area contributed by atoms with Crippen molar-refractivity contribution in [3.05, 3.63) is 52.1 Å². The molecule has 7 heteroatoms. The maximum absolute atomic E-state index is 11.6. The Kier molecular flexibility index (Phi) is 5.25. The van der Waals surface area contributed by atoms with Gasteiger partial charge in [-0.15, -0.1) is 0 Å². The van der Waals surface area contributed by atoms with E-state index in [1.807, 2.05) is 13.0 Å². The number of amides is 2. The van der Waals surface area contributed by atoms with Gasteiger partial charge in [0.1, 0.15) is 11.6 Å². The molecule has 0 saturated carbocycles. The molecule has 2 amide bonds. The number of aromatic nitrogens is 1. The summed E-state index contributed by atoms with van der Waals surface area (Å²) in [5.41, 5.74) is 1.02. The fraction of sp³-hybridized carbons (Fsp3) is 0.143. The molecule has 1 aromatic carbocycles. The van der Waals surface area contributed by atoms with Crippen LogP contribution in [-0.2, 0) is 0 Å². The van der Waals surface area contributed by atoms with Gasteiger partial charge in [-0.1, -0.05) is 29.3 Å². The van der Waals surface area contributed by atoms with Crippen LogP contribution in [0.1, 0.15) is 5.56 Å². The molecule has 2 rings (SSSR count). The van der Waals surface area contributed by atoms with Crippen LogP contribution in [0.25, 0.3) is 0 Å². The number of anilines is 1. The van der Waals surface area contributed by atoms with Crippen molar-refractivity contribution in [1.29, 1.82) is 0 Å². The highest BCUT2D eigenvalue weighted by Gasteiger charge is 2.04. The minimum absolute atomic E-state index is 0.0287. The Balaban J connectivity index is 1.80. The van der Waals surface area contributed by atoms with E-state index in [2.05, 4.69) is 15.6 Å². The first-order valence-corrected chi connectivity index (χ1v) is 6.85. The molecule has 0 spiro atoms. The van der Waals surface area contributed by atoms with Gasteiger partial charge in [0, 0.05) is 11.2 Å². The van der Waals surface area contributed by atoms with Crippen molar-refractivity contribution in [2.75, 3.05) is 12.0 Å². The first-order chi connectivity index (χ1) is 10.0. The molecule has 2 N–H and O–H groups in total. The molecular weight excluding hydrogens is 313 g/mol. The maximum Gasteiger partial charge on any atom is 0.323 e. The molecule has 0 aliphatic carbocycles. The van der Waals surface area contributed by atoms with Gasteiger partial charge in [-0.3, -0.25) is 5.32 Å². The Morgan fingerprint density at radius 2 is 2.10 bits per heavy atom. The van der Waals surface area contributed by atoms with Crippen LogP contribution in [0.4, 0.5) is 10.6 Å². The third-order valence-corrected chi connectivity index (χ3v) is 3.04. The number of rotatable bonds is 4. The van der Waals surface area contributed by atoms with Gasteiger partial charge < -0.3 is 10.1 Å². The lowest BCUT2D eigenvalue weighted by atomic mass is 10.3. The molecule has 0 bridgehead atoms. The molecule has 5 nitrogen and oxygen atoms in total. The Hall–Kier alpha value is -1.98. The summed E-state index contributed by atoms with van der Waals surface area (Å²) in [6.45, 7) is 1.89. The first-order valence-electron chi connectivity index (χ1n) is 6.10. The summed E-state index contributed by atoms with van der Waals surface area (Å²) in [4.78, 5) is 15.7. The zero-order valence-electron chi connectivity index (χ0n) is 11.2. The Morgan fingerprint density at radius 3 is 2.76 bits per heavy atom. The number of hydrogen-bond donors (Lipinski definition) is 2. The summed E-state index contributed by atoms with van der Waals surface area (Å²) in [6.07, 6.45) is 1.67. The number of urea groups is 1. The zero-order chi connectivity index (χ0) is 15.2. The predicted octanol–water partition coefficient (Wildman–Crippen LogP) is 3.85. The van der Waals surface area contributed by atoms with Gasteiger partial charge in [-0.25, -0.2) is 9.78 Å². The summed E-state index contributed by atoms with van der Waals surface area (Å²) in [5, 5.41) is 6.01. The Labute approximate surface area is 132 Å². The van der Waals surface area contributed by atoms with E-state index in [0.717, 1.165) is 5.56 Å². The maximum atomic E-state index is 11.6. The molecule has 0 saturated heterocycles. The van der Waals surface area contributed by atoms with Crippen LogP contribution in [0, 0.1) is 6.92 Å². The second kappa shape index (κ2) is 7.15. The van der Waals surface area contributed by atoms with Crippen molar-refractivity contribution in [2.45, 2.75) is 6.92 Å². The zero-order valence-corrected chi connectivity index (χ0v) is 12.7. The molecule has 0 aliphatic rings. The van der Waals surface area contributed by atoms with Crippen molar-refractivity contribution in [3.63, 3.8) is 0 Å². The number of nitrogens with zero attached hydrogens (tertiary/aromatic N) is 1. The number of carbonyl (C=O) groups excluding carboxylic acids is 1. The molecular formula is C14H13Cl2N3O2. The molecule has 2 aromatic rings. The monoisotopic (exact) mass is 325 g/mol. The number of nitrogens with one attached hydrogen (secondary N) is 2. The number of halogens is 2. The minimum atomic E-state index is -0.420. The van der Waals surface area contributed by atoms with Crippen LogP contribution in [0.5, 0.6) is 5.75 Å². The molecule has 0 radical (unpaired) electrons. The van der Waals surface area contributed by atoms with E-state index in [-0.39, 0.29) is 6.73 Å². The van der Waals surface area contributed by atoms with Crippen LogP contribution >= 0.6 is 23.2 Å². The molecule has 1 aromatic heterocycles. The van der Waals surface area contributed by atoms with Crippen LogP contribution < -0.4 is 15.4 Å². The predicted molar refractivity (Wildman–Crippen MR) is 83.1 cm³/mol. The molecule has 110 valence electrons. The average Bonchev–Trinajstić information content (AvgIpc) is 2.44. The summed E-state index contributed by atoms with van der Waals surface area (Å²) in [6, 6.07) is 7.99. The Bertz CT molecular complexity index is 633. The lowest BCUT2D eigenvalue weighted by Gasteiger charge is -2.10. The number of hydrogen-bond acceptors (Lipinski definition) is 3. The summed E-state index contributed by atoms with van der Waals surface area (Å²) in [7, 11) is 0. The topological polar surface area (TPSA) is 63.2 Å². The number of ether oxygens (including phenoxy) is 1. The van der Waals surface area contributed by atoms with E-state index in [4.69, 9.17) is 27.9 Å². The second-order valence-corrected chi connectivity index (χ2v) is 5.06. The van der Waals surface area contributed by atoms with E-state index in [9.17, 15) is 4.79 Å². The normalized spacial score (nSPS) is 10.0. The van der Waals surface area contributed by atoms with E-state index in [0.29, 0.717) is 21.6 Å². The van der Waals surface area contributed by atoms with Crippen LogP contribution in [-0.4, -0.2) is 17.7 Å². The van der Waals surface area contributed by atoms with E-state index < -0.39 is 6.03 Å². The molecule has 0 fully saturated rings. The standard InChI is InChI=1S/C14H13Cl2N3O2/c1-9-2-5-13(17-7-9)19-14(20)18-8-21-12-4-3-10(15)6-11(12)16/h2-7H,8H2,1H3,(H2,17,18,19,20). The number of aryl methyl sites for hydroxylation is 1. The molecule has 0 aliphatic heterocycles. The fourth-order valence-corrected chi connectivity index (χ4v) is 1.94. The van der Waals surface area contributed by atoms with Crippen LogP contribution in [0.3, 0.4) is 0 Å². The summed E-state index contributed by atoms with van der Waals surface area (Å²) in [5.74, 6) is 0.900. The second-order valence-electron chi connectivity index (χ2n) is 4.22. The van der Waals surface area contributed by atoms with Crippen molar-refractivity contribution < 1.29 is 9.53 Å². The van der Waals surface area contributed by atoms with E-state index >= 15 is 0 Å². The SMILES string of the molecule is Cc1ccc(NC(=O)NCOc2ccc(Cl)cc2Cl)nc1. The highest BCUT2D eigenvalue weighted by atomic mass is 35.5. The third kappa shape index (κ3) is 4.81. The van der Waals surface area contributed by atoms with Crippen LogP contribution in [0.2, 0.25) is 10.0 Å². The van der Waals surface area contributed by atoms with Gasteiger partial charge in [0.2, 0.25) is 0 Å². The van der Waals surface area contributed by atoms with Gasteiger partial charge in [0.05, 0.1) is 5.02 Å². The minimum Gasteiger partial charge on any atom is -0.472 e. The van der Waals surface area contributed by atoms with Gasteiger partial charge in [0.25, 0.3) is 0 Å². The van der Waals surface area contributed by atoms with Crippen molar-refractivity contribution in [3.8, 4) is 5.75 Å².